The second-order valence-corrected chi connectivity index (χ2v) is 4.42. The van der Waals surface area contributed by atoms with Crippen LogP contribution in [0.25, 0.3) is 0 Å². The highest BCUT2D eigenvalue weighted by Gasteiger charge is 2.02. The van der Waals surface area contributed by atoms with Crippen LogP contribution in [0.5, 0.6) is 0 Å². The first-order chi connectivity index (χ1) is 7.29. The SMILES string of the molecule is CCc1cc(Br)ccc1Cn1ccnc1. The second-order valence-electron chi connectivity index (χ2n) is 3.50. The molecule has 0 aliphatic heterocycles. The average molecular weight is 265 g/mol. The topological polar surface area (TPSA) is 17.8 Å². The number of benzene rings is 1. The highest BCUT2D eigenvalue weighted by molar-refractivity contribution is 9.10. The highest BCUT2D eigenvalue weighted by Crippen LogP contribution is 2.18. The number of hydrogen-bond acceptors (Lipinski definition) is 1. The van der Waals surface area contributed by atoms with E-state index in [0.717, 1.165) is 17.4 Å². The summed E-state index contributed by atoms with van der Waals surface area (Å²) in [7, 11) is 0. The molecule has 0 amide bonds. The predicted octanol–water partition coefficient (Wildman–Crippen LogP) is 3.26. The zero-order chi connectivity index (χ0) is 10.7. The van der Waals surface area contributed by atoms with E-state index in [-0.39, 0.29) is 0 Å². The molecular formula is C12H13BrN2. The first-order valence-electron chi connectivity index (χ1n) is 5.02. The standard InChI is InChI=1S/C12H13BrN2/c1-2-10-7-12(13)4-3-11(10)8-15-6-5-14-9-15/h3-7,9H,2,8H2,1H3. The molecule has 0 spiro atoms. The van der Waals surface area contributed by atoms with Crippen LogP contribution in [0.4, 0.5) is 0 Å². The molecule has 2 nitrogen and oxygen atoms in total. The van der Waals surface area contributed by atoms with Gasteiger partial charge in [0.05, 0.1) is 6.33 Å². The molecule has 0 fully saturated rings. The number of rotatable bonds is 3. The van der Waals surface area contributed by atoms with Crippen LogP contribution in [0.1, 0.15) is 18.1 Å². The highest BCUT2D eigenvalue weighted by atomic mass is 79.9. The molecule has 0 aliphatic carbocycles. The lowest BCUT2D eigenvalue weighted by atomic mass is 10.1. The number of nitrogens with zero attached hydrogens (tertiary/aromatic N) is 2. The molecule has 0 radical (unpaired) electrons. The van der Waals surface area contributed by atoms with E-state index in [4.69, 9.17) is 0 Å². The van der Waals surface area contributed by atoms with E-state index in [0.29, 0.717) is 0 Å². The zero-order valence-electron chi connectivity index (χ0n) is 8.65. The Balaban J connectivity index is 2.28. The molecule has 0 saturated carbocycles. The molecular weight excluding hydrogens is 252 g/mol. The number of hydrogen-bond donors (Lipinski definition) is 0. The molecule has 0 N–H and O–H groups in total. The molecule has 3 heteroatoms. The summed E-state index contributed by atoms with van der Waals surface area (Å²) in [6.07, 6.45) is 6.71. The molecule has 78 valence electrons. The summed E-state index contributed by atoms with van der Waals surface area (Å²) < 4.78 is 3.23. The van der Waals surface area contributed by atoms with Gasteiger partial charge < -0.3 is 4.57 Å². The van der Waals surface area contributed by atoms with Crippen molar-refractivity contribution in [1.29, 1.82) is 0 Å². The summed E-state index contributed by atoms with van der Waals surface area (Å²) in [5, 5.41) is 0. The van der Waals surface area contributed by atoms with Crippen molar-refractivity contribution in [2.24, 2.45) is 0 Å². The number of imidazole rings is 1. The van der Waals surface area contributed by atoms with Gasteiger partial charge in [-0.15, -0.1) is 0 Å². The van der Waals surface area contributed by atoms with Crippen LogP contribution >= 0.6 is 15.9 Å². The molecule has 0 aliphatic rings. The molecule has 1 aromatic heterocycles. The molecule has 1 aromatic carbocycles. The van der Waals surface area contributed by atoms with Crippen molar-refractivity contribution in [2.75, 3.05) is 0 Å². The molecule has 0 bridgehead atoms. The van der Waals surface area contributed by atoms with Crippen molar-refractivity contribution >= 4 is 15.9 Å². The summed E-state index contributed by atoms with van der Waals surface area (Å²) in [6.45, 7) is 3.08. The van der Waals surface area contributed by atoms with Crippen LogP contribution in [0, 0.1) is 0 Å². The predicted molar refractivity (Wildman–Crippen MR) is 64.8 cm³/mol. The molecule has 1 heterocycles. The quantitative estimate of drug-likeness (QED) is 0.832. The Morgan fingerprint density at radius 3 is 2.87 bits per heavy atom. The van der Waals surface area contributed by atoms with E-state index < -0.39 is 0 Å². The lowest BCUT2D eigenvalue weighted by molar-refractivity contribution is 0.786. The van der Waals surface area contributed by atoms with Crippen molar-refractivity contribution in [3.8, 4) is 0 Å². The Hall–Kier alpha value is -1.09. The Kier molecular flexibility index (Phi) is 3.21. The van der Waals surface area contributed by atoms with Gasteiger partial charge >= 0.3 is 0 Å². The molecule has 2 aromatic rings. The smallest absolute Gasteiger partial charge is 0.0949 e. The molecule has 0 atom stereocenters. The first kappa shape index (κ1) is 10.4. The van der Waals surface area contributed by atoms with Crippen LogP contribution in [0.2, 0.25) is 0 Å². The summed E-state index contributed by atoms with van der Waals surface area (Å²) in [5.74, 6) is 0. The lowest BCUT2D eigenvalue weighted by Gasteiger charge is -2.08. The van der Waals surface area contributed by atoms with E-state index in [2.05, 4.69) is 50.6 Å². The van der Waals surface area contributed by atoms with Gasteiger partial charge in [0.1, 0.15) is 0 Å². The third kappa shape index (κ3) is 2.48. The monoisotopic (exact) mass is 264 g/mol. The summed E-state index contributed by atoms with van der Waals surface area (Å²) in [5.41, 5.74) is 2.75. The minimum Gasteiger partial charge on any atom is -0.333 e. The first-order valence-corrected chi connectivity index (χ1v) is 5.82. The summed E-state index contributed by atoms with van der Waals surface area (Å²) >= 11 is 3.50. The van der Waals surface area contributed by atoms with Crippen LogP contribution in [0.15, 0.2) is 41.4 Å². The minimum absolute atomic E-state index is 0.899. The maximum atomic E-state index is 4.05. The normalized spacial score (nSPS) is 10.5. The van der Waals surface area contributed by atoms with E-state index in [1.54, 1.807) is 0 Å². The van der Waals surface area contributed by atoms with E-state index >= 15 is 0 Å². The third-order valence-corrected chi connectivity index (χ3v) is 2.95. The summed E-state index contributed by atoms with van der Waals surface area (Å²) in [6, 6.07) is 6.45. The van der Waals surface area contributed by atoms with Crippen LogP contribution in [-0.4, -0.2) is 9.55 Å². The number of halogens is 1. The Labute approximate surface area is 98.1 Å². The van der Waals surface area contributed by atoms with Crippen LogP contribution in [0.3, 0.4) is 0 Å². The van der Waals surface area contributed by atoms with Crippen LogP contribution < -0.4 is 0 Å². The Morgan fingerprint density at radius 2 is 2.20 bits per heavy atom. The van der Waals surface area contributed by atoms with Crippen molar-refractivity contribution < 1.29 is 0 Å². The van der Waals surface area contributed by atoms with Gasteiger partial charge in [0, 0.05) is 23.4 Å². The Bertz CT molecular complexity index is 435. The maximum Gasteiger partial charge on any atom is 0.0949 e. The lowest BCUT2D eigenvalue weighted by Crippen LogP contribution is -2.00. The fraction of sp³-hybridized carbons (Fsp3) is 0.250. The van der Waals surface area contributed by atoms with Gasteiger partial charge in [-0.25, -0.2) is 4.98 Å². The van der Waals surface area contributed by atoms with Gasteiger partial charge in [-0.3, -0.25) is 0 Å². The molecule has 0 saturated heterocycles. The van der Waals surface area contributed by atoms with Gasteiger partial charge in [0.2, 0.25) is 0 Å². The molecule has 15 heavy (non-hydrogen) atoms. The minimum atomic E-state index is 0.899. The van der Waals surface area contributed by atoms with E-state index in [9.17, 15) is 0 Å². The Morgan fingerprint density at radius 1 is 1.33 bits per heavy atom. The number of aryl methyl sites for hydroxylation is 1. The van der Waals surface area contributed by atoms with Gasteiger partial charge in [-0.1, -0.05) is 28.9 Å². The van der Waals surface area contributed by atoms with Gasteiger partial charge in [0.25, 0.3) is 0 Å². The van der Waals surface area contributed by atoms with Gasteiger partial charge in [0.15, 0.2) is 0 Å². The third-order valence-electron chi connectivity index (χ3n) is 2.46. The zero-order valence-corrected chi connectivity index (χ0v) is 10.2. The maximum absolute atomic E-state index is 4.05. The van der Waals surface area contributed by atoms with Gasteiger partial charge in [-0.2, -0.15) is 0 Å². The average Bonchev–Trinajstić information content (AvgIpc) is 2.73. The second kappa shape index (κ2) is 4.62. The van der Waals surface area contributed by atoms with E-state index in [1.165, 1.54) is 11.1 Å². The van der Waals surface area contributed by atoms with Crippen molar-refractivity contribution in [2.45, 2.75) is 19.9 Å². The number of aromatic nitrogens is 2. The molecule has 2 rings (SSSR count). The van der Waals surface area contributed by atoms with Crippen molar-refractivity contribution in [1.82, 2.24) is 9.55 Å². The summed E-state index contributed by atoms with van der Waals surface area (Å²) in [4.78, 5) is 4.05. The van der Waals surface area contributed by atoms with Crippen molar-refractivity contribution in [3.05, 3.63) is 52.5 Å². The molecule has 0 unspecified atom stereocenters. The largest absolute Gasteiger partial charge is 0.333 e. The van der Waals surface area contributed by atoms with Crippen molar-refractivity contribution in [3.63, 3.8) is 0 Å². The van der Waals surface area contributed by atoms with Gasteiger partial charge in [-0.05, 0) is 29.7 Å². The fourth-order valence-corrected chi connectivity index (χ4v) is 2.06. The fourth-order valence-electron chi connectivity index (χ4n) is 1.65. The van der Waals surface area contributed by atoms with Crippen LogP contribution in [-0.2, 0) is 13.0 Å². The van der Waals surface area contributed by atoms with E-state index in [1.807, 2.05) is 18.7 Å².